The number of carbonyl (C=O) groups excluding carboxylic acids is 2. The highest BCUT2D eigenvalue weighted by Gasteiger charge is 2.34. The SMILES string of the molecule is CCN(C(=O)c1cccc(C(=O)NC2CCCCC2)c1)C1CCS(=O)(=O)C1. The topological polar surface area (TPSA) is 83.6 Å². The van der Waals surface area contributed by atoms with Crippen LogP contribution >= 0.6 is 0 Å². The average molecular weight is 393 g/mol. The van der Waals surface area contributed by atoms with E-state index in [-0.39, 0.29) is 35.4 Å². The van der Waals surface area contributed by atoms with Crippen LogP contribution in [0.5, 0.6) is 0 Å². The van der Waals surface area contributed by atoms with Crippen molar-refractivity contribution in [1.29, 1.82) is 0 Å². The van der Waals surface area contributed by atoms with E-state index in [1.54, 1.807) is 29.2 Å². The lowest BCUT2D eigenvalue weighted by molar-refractivity contribution is 0.0708. The zero-order chi connectivity index (χ0) is 19.4. The summed E-state index contributed by atoms with van der Waals surface area (Å²) >= 11 is 0. The first kappa shape index (κ1) is 19.9. The Morgan fingerprint density at radius 2 is 1.81 bits per heavy atom. The van der Waals surface area contributed by atoms with Crippen molar-refractivity contribution in [3.05, 3.63) is 35.4 Å². The highest BCUT2D eigenvalue weighted by atomic mass is 32.2. The Labute approximate surface area is 161 Å². The van der Waals surface area contributed by atoms with Gasteiger partial charge in [-0.25, -0.2) is 8.42 Å². The molecule has 2 aliphatic rings. The standard InChI is InChI=1S/C20H28N2O4S/c1-2-22(18-11-12-27(25,26)14-18)20(24)16-8-6-7-15(13-16)19(23)21-17-9-4-3-5-10-17/h6-8,13,17-18H,2-5,9-12,14H2,1H3,(H,21,23). The molecule has 148 valence electrons. The molecule has 2 fully saturated rings. The average Bonchev–Trinajstić information content (AvgIpc) is 3.02. The number of carbonyl (C=O) groups is 2. The van der Waals surface area contributed by atoms with Crippen molar-refractivity contribution < 1.29 is 18.0 Å². The van der Waals surface area contributed by atoms with Crippen LogP contribution in [0.15, 0.2) is 24.3 Å². The fourth-order valence-electron chi connectivity index (χ4n) is 4.06. The second-order valence-electron chi connectivity index (χ2n) is 7.54. The minimum Gasteiger partial charge on any atom is -0.349 e. The quantitative estimate of drug-likeness (QED) is 0.834. The molecule has 3 rings (SSSR count). The van der Waals surface area contributed by atoms with E-state index in [0.717, 1.165) is 25.7 Å². The highest BCUT2D eigenvalue weighted by molar-refractivity contribution is 7.91. The normalized spacial score (nSPS) is 22.3. The molecule has 1 N–H and O–H groups in total. The van der Waals surface area contributed by atoms with Crippen molar-refractivity contribution in [3.63, 3.8) is 0 Å². The molecule has 7 heteroatoms. The van der Waals surface area contributed by atoms with Gasteiger partial charge in [0.05, 0.1) is 11.5 Å². The van der Waals surface area contributed by atoms with Crippen LogP contribution in [-0.4, -0.2) is 55.3 Å². The highest BCUT2D eigenvalue weighted by Crippen LogP contribution is 2.21. The van der Waals surface area contributed by atoms with Crippen LogP contribution < -0.4 is 5.32 Å². The van der Waals surface area contributed by atoms with Gasteiger partial charge < -0.3 is 10.2 Å². The van der Waals surface area contributed by atoms with Gasteiger partial charge in [0.25, 0.3) is 11.8 Å². The van der Waals surface area contributed by atoms with E-state index in [9.17, 15) is 18.0 Å². The van der Waals surface area contributed by atoms with Crippen molar-refractivity contribution in [2.24, 2.45) is 0 Å². The summed E-state index contributed by atoms with van der Waals surface area (Å²) in [5.41, 5.74) is 0.902. The van der Waals surface area contributed by atoms with Gasteiger partial charge in [0.2, 0.25) is 0 Å². The molecule has 2 amide bonds. The Morgan fingerprint density at radius 3 is 2.44 bits per heavy atom. The third-order valence-electron chi connectivity index (χ3n) is 5.56. The Balaban J connectivity index is 1.71. The lowest BCUT2D eigenvalue weighted by atomic mass is 9.95. The first-order valence-electron chi connectivity index (χ1n) is 9.82. The van der Waals surface area contributed by atoms with E-state index in [1.807, 2.05) is 6.92 Å². The summed E-state index contributed by atoms with van der Waals surface area (Å²) in [7, 11) is -3.06. The second kappa shape index (κ2) is 8.42. The van der Waals surface area contributed by atoms with Gasteiger partial charge in [-0.05, 0) is 44.4 Å². The predicted molar refractivity (Wildman–Crippen MR) is 105 cm³/mol. The molecule has 1 aliphatic carbocycles. The number of hydrogen-bond donors (Lipinski definition) is 1. The number of amides is 2. The molecular weight excluding hydrogens is 364 g/mol. The fraction of sp³-hybridized carbons (Fsp3) is 0.600. The largest absolute Gasteiger partial charge is 0.349 e. The summed E-state index contributed by atoms with van der Waals surface area (Å²) in [4.78, 5) is 27.1. The van der Waals surface area contributed by atoms with E-state index >= 15 is 0 Å². The maximum atomic E-state index is 12.9. The molecule has 6 nitrogen and oxygen atoms in total. The molecule has 1 saturated carbocycles. The third kappa shape index (κ3) is 4.89. The molecule has 0 bridgehead atoms. The number of sulfone groups is 1. The zero-order valence-corrected chi connectivity index (χ0v) is 16.6. The van der Waals surface area contributed by atoms with E-state index < -0.39 is 9.84 Å². The van der Waals surface area contributed by atoms with Crippen molar-refractivity contribution in [2.45, 2.75) is 57.5 Å². The van der Waals surface area contributed by atoms with Crippen molar-refractivity contribution in [3.8, 4) is 0 Å². The summed E-state index contributed by atoms with van der Waals surface area (Å²) in [6.45, 7) is 2.29. The van der Waals surface area contributed by atoms with Crippen LogP contribution in [0, 0.1) is 0 Å². The number of nitrogens with zero attached hydrogens (tertiary/aromatic N) is 1. The van der Waals surface area contributed by atoms with E-state index in [0.29, 0.717) is 24.1 Å². The van der Waals surface area contributed by atoms with Crippen LogP contribution in [0.2, 0.25) is 0 Å². The van der Waals surface area contributed by atoms with Crippen LogP contribution in [0.3, 0.4) is 0 Å². The Bertz CT molecular complexity index is 800. The van der Waals surface area contributed by atoms with Crippen LogP contribution in [0.1, 0.15) is 66.2 Å². The number of rotatable bonds is 5. The van der Waals surface area contributed by atoms with Gasteiger partial charge in [0.15, 0.2) is 9.84 Å². The van der Waals surface area contributed by atoms with E-state index in [4.69, 9.17) is 0 Å². The maximum Gasteiger partial charge on any atom is 0.254 e. The third-order valence-corrected chi connectivity index (χ3v) is 7.31. The molecule has 0 aromatic heterocycles. The van der Waals surface area contributed by atoms with Gasteiger partial charge in [-0.3, -0.25) is 9.59 Å². The molecule has 0 radical (unpaired) electrons. The van der Waals surface area contributed by atoms with Crippen molar-refractivity contribution >= 4 is 21.7 Å². The molecule has 27 heavy (non-hydrogen) atoms. The Morgan fingerprint density at radius 1 is 1.11 bits per heavy atom. The lowest BCUT2D eigenvalue weighted by Crippen LogP contribution is -2.41. The molecule has 1 aromatic rings. The summed E-state index contributed by atoms with van der Waals surface area (Å²) in [5.74, 6) is -0.213. The number of nitrogens with one attached hydrogen (secondary N) is 1. The summed E-state index contributed by atoms with van der Waals surface area (Å²) < 4.78 is 23.5. The van der Waals surface area contributed by atoms with Crippen LogP contribution in [0.4, 0.5) is 0 Å². The number of benzene rings is 1. The first-order valence-corrected chi connectivity index (χ1v) is 11.6. The Kier molecular flexibility index (Phi) is 6.19. The van der Waals surface area contributed by atoms with Gasteiger partial charge in [-0.1, -0.05) is 25.3 Å². The van der Waals surface area contributed by atoms with Crippen LogP contribution in [0.25, 0.3) is 0 Å². The predicted octanol–water partition coefficient (Wildman–Crippen LogP) is 2.40. The smallest absolute Gasteiger partial charge is 0.254 e. The molecule has 1 saturated heterocycles. The molecule has 1 unspecified atom stereocenters. The van der Waals surface area contributed by atoms with Gasteiger partial charge in [-0.2, -0.15) is 0 Å². The number of hydrogen-bond acceptors (Lipinski definition) is 4. The maximum absolute atomic E-state index is 12.9. The van der Waals surface area contributed by atoms with E-state index in [1.165, 1.54) is 6.42 Å². The summed E-state index contributed by atoms with van der Waals surface area (Å²) in [5, 5.41) is 3.07. The van der Waals surface area contributed by atoms with Crippen LogP contribution in [-0.2, 0) is 9.84 Å². The molecule has 1 atom stereocenters. The first-order chi connectivity index (χ1) is 12.9. The second-order valence-corrected chi connectivity index (χ2v) is 9.77. The minimum atomic E-state index is -3.06. The van der Waals surface area contributed by atoms with Gasteiger partial charge in [0, 0.05) is 29.8 Å². The minimum absolute atomic E-state index is 0.0223. The summed E-state index contributed by atoms with van der Waals surface area (Å²) in [6, 6.07) is 6.65. The summed E-state index contributed by atoms with van der Waals surface area (Å²) in [6.07, 6.45) is 5.98. The monoisotopic (exact) mass is 392 g/mol. The van der Waals surface area contributed by atoms with Crippen molar-refractivity contribution in [2.75, 3.05) is 18.1 Å². The molecule has 0 spiro atoms. The zero-order valence-electron chi connectivity index (χ0n) is 15.8. The fourth-order valence-corrected chi connectivity index (χ4v) is 5.79. The van der Waals surface area contributed by atoms with E-state index in [2.05, 4.69) is 5.32 Å². The van der Waals surface area contributed by atoms with Gasteiger partial charge in [0.1, 0.15) is 0 Å². The molecule has 1 heterocycles. The Hall–Kier alpha value is -1.89. The van der Waals surface area contributed by atoms with Crippen molar-refractivity contribution in [1.82, 2.24) is 10.2 Å². The van der Waals surface area contributed by atoms with Gasteiger partial charge >= 0.3 is 0 Å². The molecule has 1 aromatic carbocycles. The van der Waals surface area contributed by atoms with Gasteiger partial charge in [-0.15, -0.1) is 0 Å². The molecular formula is C20H28N2O4S. The lowest BCUT2D eigenvalue weighted by Gasteiger charge is -2.27. The molecule has 1 aliphatic heterocycles.